The van der Waals surface area contributed by atoms with Crippen LogP contribution in [0.15, 0.2) is 24.3 Å². The molecule has 0 nitrogen and oxygen atoms in total. The van der Waals surface area contributed by atoms with Crippen LogP contribution in [0.4, 0.5) is 13.2 Å². The Morgan fingerprint density at radius 1 is 1.21 bits per heavy atom. The maximum Gasteiger partial charge on any atom is 0.416 e. The molecule has 0 bridgehead atoms. The first-order chi connectivity index (χ1) is 6.55. The Kier molecular flexibility index (Phi) is 3.19. The topological polar surface area (TPSA) is 0 Å². The third kappa shape index (κ3) is 2.53. The van der Waals surface area contributed by atoms with Gasteiger partial charge in [-0.3, -0.25) is 0 Å². The van der Waals surface area contributed by atoms with Crippen molar-refractivity contribution in [1.29, 1.82) is 0 Å². The molecule has 1 aromatic rings. The molecular weight excluding hydrogens is 189 g/mol. The summed E-state index contributed by atoms with van der Waals surface area (Å²) in [5.74, 6) is 2.33. The molecule has 0 atom stereocenters. The second-order valence-corrected chi connectivity index (χ2v) is 2.86. The number of aryl methyl sites for hydroxylation is 1. The van der Waals surface area contributed by atoms with E-state index in [1.807, 2.05) is 0 Å². The Hall–Kier alpha value is -1.43. The minimum absolute atomic E-state index is 0.262. The van der Waals surface area contributed by atoms with Gasteiger partial charge < -0.3 is 0 Å². The Labute approximate surface area is 80.8 Å². The fourth-order valence-corrected chi connectivity index (χ4v) is 1.22. The van der Waals surface area contributed by atoms with Crippen molar-refractivity contribution in [3.63, 3.8) is 0 Å². The van der Waals surface area contributed by atoms with Gasteiger partial charge in [0.05, 0.1) is 5.56 Å². The van der Waals surface area contributed by atoms with Crippen LogP contribution in [0.25, 0.3) is 0 Å². The molecule has 0 heterocycles. The minimum atomic E-state index is -4.29. The maximum atomic E-state index is 12.4. The summed E-state index contributed by atoms with van der Waals surface area (Å²) in [5, 5.41) is 0. The molecule has 0 aliphatic heterocycles. The van der Waals surface area contributed by atoms with Crippen LogP contribution in [-0.2, 0) is 12.6 Å². The quantitative estimate of drug-likeness (QED) is 0.640. The molecular formula is C11H9F3. The molecule has 0 amide bonds. The summed E-state index contributed by atoms with van der Waals surface area (Å²) in [6.07, 6.45) is 1.31. The van der Waals surface area contributed by atoms with Crippen LogP contribution in [0.1, 0.15) is 17.5 Å². The van der Waals surface area contributed by atoms with Crippen molar-refractivity contribution in [2.24, 2.45) is 0 Å². The number of terminal acetylenes is 1. The zero-order valence-corrected chi connectivity index (χ0v) is 7.43. The van der Waals surface area contributed by atoms with Gasteiger partial charge in [0.15, 0.2) is 0 Å². The van der Waals surface area contributed by atoms with Crippen molar-refractivity contribution in [2.45, 2.75) is 19.0 Å². The van der Waals surface area contributed by atoms with E-state index in [2.05, 4.69) is 5.92 Å². The predicted octanol–water partition coefficient (Wildman–Crippen LogP) is 3.27. The number of alkyl halides is 3. The van der Waals surface area contributed by atoms with Crippen LogP contribution in [0.2, 0.25) is 0 Å². The first-order valence-corrected chi connectivity index (χ1v) is 4.14. The third-order valence-corrected chi connectivity index (χ3v) is 1.86. The Bertz CT molecular complexity index is 344. The molecule has 1 rings (SSSR count). The first-order valence-electron chi connectivity index (χ1n) is 4.14. The molecule has 1 aromatic carbocycles. The van der Waals surface area contributed by atoms with Crippen molar-refractivity contribution >= 4 is 0 Å². The zero-order valence-electron chi connectivity index (χ0n) is 7.43. The normalized spacial score (nSPS) is 11.0. The van der Waals surface area contributed by atoms with E-state index in [4.69, 9.17) is 6.42 Å². The van der Waals surface area contributed by atoms with Gasteiger partial charge in [-0.1, -0.05) is 18.2 Å². The number of hydrogen-bond donors (Lipinski definition) is 0. The highest BCUT2D eigenvalue weighted by Crippen LogP contribution is 2.32. The lowest BCUT2D eigenvalue weighted by Gasteiger charge is -2.11. The average Bonchev–Trinajstić information content (AvgIpc) is 2.14. The summed E-state index contributed by atoms with van der Waals surface area (Å²) in [4.78, 5) is 0. The van der Waals surface area contributed by atoms with E-state index in [0.717, 1.165) is 6.07 Å². The molecule has 3 heteroatoms. The molecule has 0 aromatic heterocycles. The smallest absolute Gasteiger partial charge is 0.166 e. The highest BCUT2D eigenvalue weighted by atomic mass is 19.4. The summed E-state index contributed by atoms with van der Waals surface area (Å²) >= 11 is 0. The van der Waals surface area contributed by atoms with Gasteiger partial charge in [0.25, 0.3) is 0 Å². The van der Waals surface area contributed by atoms with Crippen LogP contribution in [-0.4, -0.2) is 0 Å². The van der Waals surface area contributed by atoms with E-state index in [1.165, 1.54) is 12.1 Å². The highest BCUT2D eigenvalue weighted by Gasteiger charge is 2.32. The molecule has 0 aliphatic carbocycles. The highest BCUT2D eigenvalue weighted by molar-refractivity contribution is 5.30. The molecule has 0 N–H and O–H groups in total. The van der Waals surface area contributed by atoms with Crippen LogP contribution in [0.5, 0.6) is 0 Å². The minimum Gasteiger partial charge on any atom is -0.166 e. The van der Waals surface area contributed by atoms with E-state index in [9.17, 15) is 13.2 Å². The average molecular weight is 198 g/mol. The van der Waals surface area contributed by atoms with Gasteiger partial charge in [-0.15, -0.1) is 12.3 Å². The molecule has 0 aliphatic rings. The molecule has 0 saturated carbocycles. The summed E-state index contributed by atoms with van der Waals surface area (Å²) in [5.41, 5.74) is -0.326. The number of rotatable bonds is 2. The summed E-state index contributed by atoms with van der Waals surface area (Å²) in [7, 11) is 0. The molecule has 0 fully saturated rings. The van der Waals surface area contributed by atoms with Gasteiger partial charge in [0, 0.05) is 6.42 Å². The van der Waals surface area contributed by atoms with Crippen LogP contribution >= 0.6 is 0 Å². The van der Waals surface area contributed by atoms with Gasteiger partial charge in [-0.05, 0) is 18.1 Å². The lowest BCUT2D eigenvalue weighted by Crippen LogP contribution is -2.08. The van der Waals surface area contributed by atoms with E-state index < -0.39 is 11.7 Å². The molecule has 74 valence electrons. The van der Waals surface area contributed by atoms with Gasteiger partial charge in [0.2, 0.25) is 0 Å². The van der Waals surface area contributed by atoms with Crippen molar-refractivity contribution in [3.05, 3.63) is 35.4 Å². The first kappa shape index (κ1) is 10.6. The van der Waals surface area contributed by atoms with E-state index in [1.54, 1.807) is 6.07 Å². The van der Waals surface area contributed by atoms with Crippen molar-refractivity contribution in [2.75, 3.05) is 0 Å². The molecule has 0 unspecified atom stereocenters. The van der Waals surface area contributed by atoms with Crippen molar-refractivity contribution < 1.29 is 13.2 Å². The SMILES string of the molecule is C#CCCc1ccccc1C(F)(F)F. The van der Waals surface area contributed by atoms with Gasteiger partial charge >= 0.3 is 6.18 Å². The Morgan fingerprint density at radius 2 is 1.86 bits per heavy atom. The van der Waals surface area contributed by atoms with E-state index in [-0.39, 0.29) is 12.0 Å². The van der Waals surface area contributed by atoms with Crippen LogP contribution in [0.3, 0.4) is 0 Å². The Balaban J connectivity index is 2.99. The molecule has 0 saturated heterocycles. The second-order valence-electron chi connectivity index (χ2n) is 2.86. The lowest BCUT2D eigenvalue weighted by atomic mass is 10.0. The van der Waals surface area contributed by atoms with Crippen molar-refractivity contribution in [3.8, 4) is 12.3 Å². The summed E-state index contributed by atoms with van der Waals surface area (Å²) in [6, 6.07) is 5.50. The van der Waals surface area contributed by atoms with Crippen molar-refractivity contribution in [1.82, 2.24) is 0 Å². The molecule has 0 radical (unpaired) electrons. The molecule has 14 heavy (non-hydrogen) atoms. The van der Waals surface area contributed by atoms with Crippen LogP contribution < -0.4 is 0 Å². The zero-order chi connectivity index (χ0) is 10.6. The Morgan fingerprint density at radius 3 is 2.43 bits per heavy atom. The lowest BCUT2D eigenvalue weighted by molar-refractivity contribution is -0.138. The number of halogens is 3. The number of benzene rings is 1. The van der Waals surface area contributed by atoms with E-state index in [0.29, 0.717) is 6.42 Å². The fraction of sp³-hybridized carbons (Fsp3) is 0.273. The largest absolute Gasteiger partial charge is 0.416 e. The van der Waals surface area contributed by atoms with Crippen LogP contribution in [0, 0.1) is 12.3 Å². The van der Waals surface area contributed by atoms with E-state index >= 15 is 0 Å². The van der Waals surface area contributed by atoms with Gasteiger partial charge in [-0.25, -0.2) is 0 Å². The summed E-state index contributed by atoms with van der Waals surface area (Å²) < 4.78 is 37.3. The molecule has 0 spiro atoms. The fourth-order valence-electron chi connectivity index (χ4n) is 1.22. The van der Waals surface area contributed by atoms with Gasteiger partial charge in [0.1, 0.15) is 0 Å². The number of hydrogen-bond acceptors (Lipinski definition) is 0. The monoisotopic (exact) mass is 198 g/mol. The van der Waals surface area contributed by atoms with Gasteiger partial charge in [-0.2, -0.15) is 13.2 Å². The predicted molar refractivity (Wildman–Crippen MR) is 48.6 cm³/mol. The summed E-state index contributed by atoms with van der Waals surface area (Å²) in [6.45, 7) is 0. The second kappa shape index (κ2) is 4.19. The maximum absolute atomic E-state index is 12.4. The third-order valence-electron chi connectivity index (χ3n) is 1.86. The standard InChI is InChI=1S/C11H9F3/c1-2-3-6-9-7-4-5-8-10(9)11(12,13)14/h1,4-5,7-8H,3,6H2.